The Morgan fingerprint density at radius 2 is 2.13 bits per heavy atom. The lowest BCUT2D eigenvalue weighted by atomic mass is 9.68. The molecule has 10 heteroatoms. The van der Waals surface area contributed by atoms with E-state index in [1.165, 1.54) is 17.8 Å². The average molecular weight is 440 g/mol. The third-order valence-corrected chi connectivity index (χ3v) is 6.38. The molecular weight excluding hydrogens is 413 g/mol. The molecular formula is C20H26FN3O5S. The van der Waals surface area contributed by atoms with Gasteiger partial charge in [-0.05, 0) is 45.6 Å². The first kappa shape index (κ1) is 22.5. The topological polar surface area (TPSA) is 103 Å². The number of nitro groups is 1. The van der Waals surface area contributed by atoms with E-state index in [1.807, 2.05) is 0 Å². The van der Waals surface area contributed by atoms with Crippen molar-refractivity contribution >= 4 is 28.7 Å². The molecule has 3 atom stereocenters. The number of nitrogens with one attached hydrogen (secondary N) is 1. The van der Waals surface area contributed by atoms with Crippen molar-refractivity contribution in [2.24, 2.45) is 10.9 Å². The van der Waals surface area contributed by atoms with E-state index < -0.39 is 28.0 Å². The fraction of sp³-hybridized carbons (Fsp3) is 0.600. The zero-order valence-electron chi connectivity index (χ0n) is 17.4. The highest BCUT2D eigenvalue weighted by Crippen LogP contribution is 2.51. The van der Waals surface area contributed by atoms with Gasteiger partial charge in [-0.2, -0.15) is 0 Å². The van der Waals surface area contributed by atoms with Crippen LogP contribution in [0.3, 0.4) is 0 Å². The maximum Gasteiger partial charge on any atom is 0.413 e. The van der Waals surface area contributed by atoms with E-state index in [-0.39, 0.29) is 23.3 Å². The Kier molecular flexibility index (Phi) is 6.37. The number of amides is 1. The number of aliphatic imine (C=N–C) groups is 1. The van der Waals surface area contributed by atoms with Crippen LogP contribution in [0.4, 0.5) is 14.9 Å². The highest BCUT2D eigenvalue weighted by molar-refractivity contribution is 8.13. The van der Waals surface area contributed by atoms with Crippen LogP contribution in [0.1, 0.15) is 45.6 Å². The van der Waals surface area contributed by atoms with E-state index in [9.17, 15) is 19.3 Å². The Hall–Kier alpha value is -2.20. The molecule has 0 aromatic heterocycles. The minimum absolute atomic E-state index is 0.0467. The highest BCUT2D eigenvalue weighted by Gasteiger charge is 2.50. The van der Waals surface area contributed by atoms with E-state index in [0.29, 0.717) is 17.3 Å². The number of carbonyl (C=O) groups excluding carboxylic acids is 1. The standard InChI is InChI=1S/C20H26FN3O5S/c1-19(2,3)29-18(25)22-17-23-20(10-14(28-4)7-5-12(20)11-30-17)15-9-13(24(26)27)6-8-16(15)21/h6,8-9,12,14H,5,7,10-11H2,1-4H3,(H,22,23,25)/t12-,14+,20-/m0/s1. The van der Waals surface area contributed by atoms with Crippen LogP contribution in [0.2, 0.25) is 0 Å². The third kappa shape index (κ3) is 4.75. The van der Waals surface area contributed by atoms with Crippen molar-refractivity contribution in [3.63, 3.8) is 0 Å². The highest BCUT2D eigenvalue weighted by atomic mass is 32.2. The van der Waals surface area contributed by atoms with E-state index in [0.717, 1.165) is 25.0 Å². The van der Waals surface area contributed by atoms with Crippen molar-refractivity contribution in [2.45, 2.75) is 57.3 Å². The van der Waals surface area contributed by atoms with Gasteiger partial charge in [0.2, 0.25) is 0 Å². The maximum atomic E-state index is 15.0. The number of amidine groups is 1. The fourth-order valence-electron chi connectivity index (χ4n) is 4.00. The number of hydrogen-bond acceptors (Lipinski definition) is 7. The van der Waals surface area contributed by atoms with Gasteiger partial charge in [-0.3, -0.25) is 20.4 Å². The summed E-state index contributed by atoms with van der Waals surface area (Å²) in [5, 5.41) is 14.3. The number of alkyl carbamates (subject to hydrolysis) is 1. The quantitative estimate of drug-likeness (QED) is 0.554. The molecule has 1 aromatic carbocycles. The zero-order chi connectivity index (χ0) is 22.1. The van der Waals surface area contributed by atoms with Crippen molar-refractivity contribution in [3.8, 4) is 0 Å². The number of halogens is 1. The molecule has 1 aliphatic carbocycles. The summed E-state index contributed by atoms with van der Waals surface area (Å²) in [5.41, 5.74) is -1.78. The minimum Gasteiger partial charge on any atom is -0.444 e. The molecule has 1 aliphatic heterocycles. The van der Waals surface area contributed by atoms with Gasteiger partial charge in [0.05, 0.1) is 16.6 Å². The number of nitro benzene ring substituents is 1. The van der Waals surface area contributed by atoms with Crippen molar-refractivity contribution in [2.75, 3.05) is 12.9 Å². The van der Waals surface area contributed by atoms with Crippen molar-refractivity contribution in [1.82, 2.24) is 5.32 Å². The van der Waals surface area contributed by atoms with Crippen LogP contribution in [0.25, 0.3) is 0 Å². The van der Waals surface area contributed by atoms with Gasteiger partial charge >= 0.3 is 6.09 Å². The molecule has 1 heterocycles. The number of benzene rings is 1. The first-order valence-electron chi connectivity index (χ1n) is 9.74. The number of rotatable bonds is 3. The largest absolute Gasteiger partial charge is 0.444 e. The summed E-state index contributed by atoms with van der Waals surface area (Å²) in [6.45, 7) is 5.26. The molecule has 0 saturated heterocycles. The molecule has 2 aliphatic rings. The smallest absolute Gasteiger partial charge is 0.413 e. The number of thioether (sulfide) groups is 1. The molecule has 1 fully saturated rings. The zero-order valence-corrected chi connectivity index (χ0v) is 18.3. The molecule has 1 amide bonds. The molecule has 30 heavy (non-hydrogen) atoms. The summed E-state index contributed by atoms with van der Waals surface area (Å²) in [5.74, 6) is -0.0167. The van der Waals surface area contributed by atoms with Gasteiger partial charge in [0.1, 0.15) is 11.4 Å². The van der Waals surface area contributed by atoms with Crippen LogP contribution in [-0.4, -0.2) is 40.8 Å². The SMILES string of the molecule is CO[C@@H]1CC[C@H]2CSC(NC(=O)OC(C)(C)C)=N[C@@]2(c2cc([N+](=O)[O-])ccc2F)C1. The fourth-order valence-corrected chi connectivity index (χ4v) is 5.18. The summed E-state index contributed by atoms with van der Waals surface area (Å²) in [7, 11) is 1.59. The molecule has 0 spiro atoms. The number of non-ortho nitro benzene ring substituents is 1. The summed E-state index contributed by atoms with van der Waals surface area (Å²) in [4.78, 5) is 27.8. The molecule has 1 N–H and O–H groups in total. The Morgan fingerprint density at radius 1 is 1.40 bits per heavy atom. The summed E-state index contributed by atoms with van der Waals surface area (Å²) < 4.78 is 25.8. The van der Waals surface area contributed by atoms with Crippen LogP contribution in [0.15, 0.2) is 23.2 Å². The normalized spacial score (nSPS) is 26.4. The van der Waals surface area contributed by atoms with Crippen LogP contribution in [0.5, 0.6) is 0 Å². The second kappa shape index (κ2) is 8.50. The van der Waals surface area contributed by atoms with Crippen LogP contribution in [-0.2, 0) is 15.0 Å². The molecule has 1 saturated carbocycles. The second-order valence-electron chi connectivity index (χ2n) is 8.54. The molecule has 164 valence electrons. The van der Waals surface area contributed by atoms with Gasteiger partial charge in [-0.1, -0.05) is 11.8 Å². The number of methoxy groups -OCH3 is 1. The molecule has 0 radical (unpaired) electrons. The van der Waals surface area contributed by atoms with Crippen LogP contribution >= 0.6 is 11.8 Å². The molecule has 3 rings (SSSR count). The molecule has 1 aromatic rings. The number of hydrogen-bond donors (Lipinski definition) is 1. The molecule has 8 nitrogen and oxygen atoms in total. The van der Waals surface area contributed by atoms with Crippen molar-refractivity contribution < 1.29 is 23.6 Å². The van der Waals surface area contributed by atoms with Crippen LogP contribution < -0.4 is 5.32 Å². The first-order chi connectivity index (χ1) is 14.0. The lowest BCUT2D eigenvalue weighted by Gasteiger charge is -2.46. The third-order valence-electron chi connectivity index (χ3n) is 5.34. The monoisotopic (exact) mass is 439 g/mol. The Morgan fingerprint density at radius 3 is 2.77 bits per heavy atom. The molecule has 0 bridgehead atoms. The second-order valence-corrected chi connectivity index (χ2v) is 9.55. The van der Waals surface area contributed by atoms with E-state index in [4.69, 9.17) is 14.5 Å². The van der Waals surface area contributed by atoms with E-state index >= 15 is 0 Å². The first-order valence-corrected chi connectivity index (χ1v) is 10.7. The van der Waals surface area contributed by atoms with E-state index in [2.05, 4.69) is 5.32 Å². The lowest BCUT2D eigenvalue weighted by Crippen LogP contribution is -2.48. The van der Waals surface area contributed by atoms with Crippen molar-refractivity contribution in [3.05, 3.63) is 39.7 Å². The predicted octanol–water partition coefficient (Wildman–Crippen LogP) is 4.37. The minimum atomic E-state index is -1.06. The van der Waals surface area contributed by atoms with Gasteiger partial charge < -0.3 is 9.47 Å². The number of nitrogens with zero attached hydrogens (tertiary/aromatic N) is 2. The lowest BCUT2D eigenvalue weighted by molar-refractivity contribution is -0.385. The number of ether oxygens (including phenoxy) is 2. The van der Waals surface area contributed by atoms with Gasteiger partial charge in [-0.15, -0.1) is 0 Å². The van der Waals surface area contributed by atoms with Gasteiger partial charge in [0, 0.05) is 37.0 Å². The number of fused-ring (bicyclic) bond motifs is 1. The van der Waals surface area contributed by atoms with Gasteiger partial charge in [0.25, 0.3) is 5.69 Å². The Balaban J connectivity index is 2.05. The molecule has 0 unspecified atom stereocenters. The van der Waals surface area contributed by atoms with Gasteiger partial charge in [0.15, 0.2) is 5.17 Å². The van der Waals surface area contributed by atoms with E-state index in [1.54, 1.807) is 27.9 Å². The Labute approximate surface area is 178 Å². The summed E-state index contributed by atoms with van der Waals surface area (Å²) in [6.07, 6.45) is 1.07. The van der Waals surface area contributed by atoms with Crippen LogP contribution in [0, 0.1) is 21.8 Å². The van der Waals surface area contributed by atoms with Gasteiger partial charge in [-0.25, -0.2) is 9.18 Å². The predicted molar refractivity (Wildman–Crippen MR) is 112 cm³/mol. The van der Waals surface area contributed by atoms with Crippen molar-refractivity contribution in [1.29, 1.82) is 0 Å². The Bertz CT molecular complexity index is 872. The maximum absolute atomic E-state index is 15.0. The summed E-state index contributed by atoms with van der Waals surface area (Å²) >= 11 is 1.36. The summed E-state index contributed by atoms with van der Waals surface area (Å²) in [6, 6.07) is 3.50. The average Bonchev–Trinajstić information content (AvgIpc) is 2.65. The number of carbonyl (C=O) groups is 1.